The number of benzene rings is 1. The summed E-state index contributed by atoms with van der Waals surface area (Å²) in [5.74, 6) is 0.408. The minimum Gasteiger partial charge on any atom is -0.345 e. The Morgan fingerprint density at radius 2 is 2.12 bits per heavy atom. The van der Waals surface area contributed by atoms with E-state index in [9.17, 15) is 0 Å². The molecule has 86 valence electrons. The largest absolute Gasteiger partial charge is 0.345 e. The van der Waals surface area contributed by atoms with Crippen molar-refractivity contribution in [2.45, 2.75) is 26.3 Å². The average Bonchev–Trinajstić information content (AvgIpc) is 2.65. The highest BCUT2D eigenvalue weighted by molar-refractivity contribution is 9.10. The summed E-state index contributed by atoms with van der Waals surface area (Å²) >= 11 is 3.51. The molecule has 0 radical (unpaired) electrons. The molecule has 2 rings (SSSR count). The first kappa shape index (κ1) is 11.7. The summed E-state index contributed by atoms with van der Waals surface area (Å²) in [5, 5.41) is 1.28. The van der Waals surface area contributed by atoms with Gasteiger partial charge in [0.25, 0.3) is 0 Å². The normalized spacial score (nSPS) is 13.2. The fraction of sp³-hybridized carbons (Fsp3) is 0.385. The van der Waals surface area contributed by atoms with E-state index in [1.807, 2.05) is 0 Å². The molecule has 0 saturated heterocycles. The number of aromatic nitrogens is 1. The molecule has 1 atom stereocenters. The third kappa shape index (κ3) is 1.89. The van der Waals surface area contributed by atoms with Crippen molar-refractivity contribution < 1.29 is 0 Å². The van der Waals surface area contributed by atoms with Gasteiger partial charge in [-0.25, -0.2) is 0 Å². The average molecular weight is 281 g/mol. The standard InChI is InChI=1S/C13H17BrN2/c1-3-16-12-5-4-11(14)6-10(12)7-13(16)9(2)8-15/h4-7,9H,3,8,15H2,1-2H3. The maximum absolute atomic E-state index is 5.76. The van der Waals surface area contributed by atoms with E-state index in [-0.39, 0.29) is 0 Å². The first-order chi connectivity index (χ1) is 7.67. The van der Waals surface area contributed by atoms with Crippen LogP contribution in [0.25, 0.3) is 10.9 Å². The smallest absolute Gasteiger partial charge is 0.0483 e. The number of halogens is 1. The predicted octanol–water partition coefficient (Wildman–Crippen LogP) is 3.49. The van der Waals surface area contributed by atoms with Crippen molar-refractivity contribution in [2.24, 2.45) is 5.73 Å². The van der Waals surface area contributed by atoms with E-state index in [0.717, 1.165) is 11.0 Å². The second-order valence-corrected chi connectivity index (χ2v) is 5.07. The molecule has 1 aromatic heterocycles. The van der Waals surface area contributed by atoms with Gasteiger partial charge < -0.3 is 10.3 Å². The number of nitrogens with zero attached hydrogens (tertiary/aromatic N) is 1. The molecule has 1 aromatic carbocycles. The fourth-order valence-electron chi connectivity index (χ4n) is 2.15. The van der Waals surface area contributed by atoms with E-state index in [2.05, 4.69) is 58.6 Å². The van der Waals surface area contributed by atoms with Crippen molar-refractivity contribution >= 4 is 26.8 Å². The van der Waals surface area contributed by atoms with Crippen LogP contribution in [0, 0.1) is 0 Å². The number of hydrogen-bond donors (Lipinski definition) is 1. The summed E-state index contributed by atoms with van der Waals surface area (Å²) in [7, 11) is 0. The molecule has 2 aromatic rings. The lowest BCUT2D eigenvalue weighted by Crippen LogP contribution is -2.13. The molecule has 2 nitrogen and oxygen atoms in total. The van der Waals surface area contributed by atoms with E-state index < -0.39 is 0 Å². The van der Waals surface area contributed by atoms with E-state index in [0.29, 0.717) is 12.5 Å². The Morgan fingerprint density at radius 1 is 1.38 bits per heavy atom. The second kappa shape index (κ2) is 4.60. The summed E-state index contributed by atoms with van der Waals surface area (Å²) in [6.07, 6.45) is 0. The molecule has 0 aliphatic carbocycles. The van der Waals surface area contributed by atoms with Crippen molar-refractivity contribution in [1.82, 2.24) is 4.57 Å². The zero-order valence-corrected chi connectivity index (χ0v) is 11.3. The van der Waals surface area contributed by atoms with Crippen molar-refractivity contribution in [1.29, 1.82) is 0 Å². The lowest BCUT2D eigenvalue weighted by Gasteiger charge is -2.12. The van der Waals surface area contributed by atoms with Crippen LogP contribution in [-0.2, 0) is 6.54 Å². The SMILES string of the molecule is CCn1c(C(C)CN)cc2cc(Br)ccc21. The van der Waals surface area contributed by atoms with Crippen LogP contribution in [0.5, 0.6) is 0 Å². The van der Waals surface area contributed by atoms with Gasteiger partial charge in [-0.2, -0.15) is 0 Å². The molecule has 3 heteroatoms. The van der Waals surface area contributed by atoms with Gasteiger partial charge in [0.05, 0.1) is 0 Å². The third-order valence-electron chi connectivity index (χ3n) is 3.07. The van der Waals surface area contributed by atoms with E-state index in [1.54, 1.807) is 0 Å². The van der Waals surface area contributed by atoms with E-state index in [4.69, 9.17) is 5.73 Å². The molecular formula is C13H17BrN2. The van der Waals surface area contributed by atoms with Crippen LogP contribution in [0.4, 0.5) is 0 Å². The Bertz CT molecular complexity index is 502. The Labute approximate surface area is 105 Å². The fourth-order valence-corrected chi connectivity index (χ4v) is 2.52. The molecule has 0 saturated carbocycles. The van der Waals surface area contributed by atoms with Gasteiger partial charge in [0, 0.05) is 40.1 Å². The summed E-state index contributed by atoms with van der Waals surface area (Å²) in [6.45, 7) is 6.03. The van der Waals surface area contributed by atoms with Crippen LogP contribution in [0.15, 0.2) is 28.7 Å². The van der Waals surface area contributed by atoms with Crippen LogP contribution in [0.1, 0.15) is 25.5 Å². The molecule has 16 heavy (non-hydrogen) atoms. The van der Waals surface area contributed by atoms with Gasteiger partial charge in [-0.05, 0) is 31.2 Å². The number of nitrogens with two attached hydrogens (primary N) is 1. The van der Waals surface area contributed by atoms with Crippen LogP contribution in [-0.4, -0.2) is 11.1 Å². The van der Waals surface area contributed by atoms with Crippen molar-refractivity contribution in [3.8, 4) is 0 Å². The van der Waals surface area contributed by atoms with Gasteiger partial charge in [0.2, 0.25) is 0 Å². The van der Waals surface area contributed by atoms with Gasteiger partial charge in [0.15, 0.2) is 0 Å². The summed E-state index contributed by atoms with van der Waals surface area (Å²) in [5.41, 5.74) is 8.38. The van der Waals surface area contributed by atoms with Gasteiger partial charge in [-0.15, -0.1) is 0 Å². The molecule has 0 aliphatic rings. The molecule has 0 bridgehead atoms. The quantitative estimate of drug-likeness (QED) is 0.917. The van der Waals surface area contributed by atoms with Crippen molar-refractivity contribution in [3.63, 3.8) is 0 Å². The number of fused-ring (bicyclic) bond motifs is 1. The van der Waals surface area contributed by atoms with Crippen molar-refractivity contribution in [2.75, 3.05) is 6.54 Å². The minimum absolute atomic E-state index is 0.408. The maximum atomic E-state index is 5.76. The first-order valence-corrected chi connectivity index (χ1v) is 6.45. The zero-order valence-electron chi connectivity index (χ0n) is 9.70. The molecule has 0 spiro atoms. The Kier molecular flexibility index (Phi) is 3.36. The van der Waals surface area contributed by atoms with Gasteiger partial charge in [0.1, 0.15) is 0 Å². The lowest BCUT2D eigenvalue weighted by atomic mass is 10.1. The molecular weight excluding hydrogens is 264 g/mol. The van der Waals surface area contributed by atoms with Crippen LogP contribution < -0.4 is 5.73 Å². The van der Waals surface area contributed by atoms with Crippen LogP contribution in [0.2, 0.25) is 0 Å². The number of rotatable bonds is 3. The highest BCUT2D eigenvalue weighted by Gasteiger charge is 2.12. The van der Waals surface area contributed by atoms with E-state index in [1.165, 1.54) is 16.6 Å². The Morgan fingerprint density at radius 3 is 2.75 bits per heavy atom. The maximum Gasteiger partial charge on any atom is 0.0483 e. The molecule has 0 aliphatic heterocycles. The number of hydrogen-bond acceptors (Lipinski definition) is 1. The highest BCUT2D eigenvalue weighted by Crippen LogP contribution is 2.27. The van der Waals surface area contributed by atoms with Gasteiger partial charge in [-0.3, -0.25) is 0 Å². The molecule has 0 amide bonds. The Hall–Kier alpha value is -0.800. The zero-order chi connectivity index (χ0) is 11.7. The number of aryl methyl sites for hydroxylation is 1. The minimum atomic E-state index is 0.408. The summed E-state index contributed by atoms with van der Waals surface area (Å²) in [6, 6.07) is 8.66. The predicted molar refractivity (Wildman–Crippen MR) is 72.8 cm³/mol. The second-order valence-electron chi connectivity index (χ2n) is 4.15. The molecule has 1 unspecified atom stereocenters. The molecule has 0 fully saturated rings. The van der Waals surface area contributed by atoms with Gasteiger partial charge >= 0.3 is 0 Å². The highest BCUT2D eigenvalue weighted by atomic mass is 79.9. The summed E-state index contributed by atoms with van der Waals surface area (Å²) in [4.78, 5) is 0. The third-order valence-corrected chi connectivity index (χ3v) is 3.56. The first-order valence-electron chi connectivity index (χ1n) is 5.66. The van der Waals surface area contributed by atoms with E-state index >= 15 is 0 Å². The monoisotopic (exact) mass is 280 g/mol. The van der Waals surface area contributed by atoms with Crippen molar-refractivity contribution in [3.05, 3.63) is 34.4 Å². The van der Waals surface area contributed by atoms with Crippen LogP contribution >= 0.6 is 15.9 Å². The topological polar surface area (TPSA) is 30.9 Å². The van der Waals surface area contributed by atoms with Crippen LogP contribution in [0.3, 0.4) is 0 Å². The summed E-state index contributed by atoms with van der Waals surface area (Å²) < 4.78 is 3.47. The molecule has 2 N–H and O–H groups in total. The van der Waals surface area contributed by atoms with Gasteiger partial charge in [-0.1, -0.05) is 22.9 Å². The Balaban J connectivity index is 2.65. The lowest BCUT2D eigenvalue weighted by molar-refractivity contribution is 0.661. The molecule has 1 heterocycles.